The van der Waals surface area contributed by atoms with Crippen molar-refractivity contribution in [2.24, 2.45) is 4.99 Å². The fraction of sp³-hybridized carbons (Fsp3) is 0.255. The molecule has 292 valence electrons. The molecule has 0 N–H and O–H groups in total. The Morgan fingerprint density at radius 2 is 1.49 bits per heavy atom. The first kappa shape index (κ1) is 42.8. The molecule has 0 aliphatic heterocycles. The minimum atomic E-state index is 0.599. The van der Waals surface area contributed by atoms with E-state index in [9.17, 15) is 0 Å². The third-order valence-electron chi connectivity index (χ3n) is 11.0. The van der Waals surface area contributed by atoms with Crippen LogP contribution in [0.25, 0.3) is 49.5 Å². The van der Waals surface area contributed by atoms with Crippen LogP contribution < -0.4 is 0 Å². The zero-order chi connectivity index (χ0) is 40.9. The maximum atomic E-state index is 5.33. The molecule has 4 aromatic carbocycles. The lowest BCUT2D eigenvalue weighted by Crippen LogP contribution is -2.11. The molecule has 0 radical (unpaired) electrons. The van der Waals surface area contributed by atoms with E-state index in [2.05, 4.69) is 170 Å². The van der Waals surface area contributed by atoms with E-state index < -0.39 is 0 Å². The van der Waals surface area contributed by atoms with Gasteiger partial charge in [0.25, 0.3) is 0 Å². The van der Waals surface area contributed by atoms with Gasteiger partial charge in [-0.2, -0.15) is 0 Å². The molecule has 0 atom stereocenters. The summed E-state index contributed by atoms with van der Waals surface area (Å²) in [6.07, 6.45) is 30.8. The average Bonchev–Trinajstić information content (AvgIpc) is 3.66. The fourth-order valence-corrected chi connectivity index (χ4v) is 9.94. The van der Waals surface area contributed by atoms with Crippen molar-refractivity contribution in [1.29, 1.82) is 0 Å². The van der Waals surface area contributed by atoms with E-state index in [-0.39, 0.29) is 0 Å². The summed E-state index contributed by atoms with van der Waals surface area (Å²) in [6, 6.07) is 19.8. The first-order valence-electron chi connectivity index (χ1n) is 20.8. The Kier molecular flexibility index (Phi) is 15.6. The Bertz CT molecular complexity index is 2430. The van der Waals surface area contributed by atoms with Gasteiger partial charge in [-0.05, 0) is 152 Å². The van der Waals surface area contributed by atoms with Crippen molar-refractivity contribution < 1.29 is 0 Å². The molecule has 0 fully saturated rings. The summed E-state index contributed by atoms with van der Waals surface area (Å²) in [4.78, 5) is 5.33. The van der Waals surface area contributed by atoms with Crippen LogP contribution in [0.2, 0.25) is 0 Å². The molecule has 7 rings (SSSR count). The average molecular weight is 768 g/mol. The van der Waals surface area contributed by atoms with Gasteiger partial charge in [-0.1, -0.05) is 136 Å². The minimum absolute atomic E-state index is 0.599. The maximum absolute atomic E-state index is 5.33. The van der Waals surface area contributed by atoms with E-state index in [1.165, 1.54) is 81.4 Å². The highest BCUT2D eigenvalue weighted by molar-refractivity contribution is 7.26. The number of rotatable bonds is 11. The van der Waals surface area contributed by atoms with Crippen LogP contribution >= 0.6 is 11.3 Å². The molecule has 57 heavy (non-hydrogen) atoms. The number of aliphatic imine (C=N–C) groups is 1. The van der Waals surface area contributed by atoms with Crippen molar-refractivity contribution in [2.45, 2.75) is 87.0 Å². The van der Waals surface area contributed by atoms with Crippen LogP contribution in [0.3, 0.4) is 0 Å². The fourth-order valence-electron chi connectivity index (χ4n) is 8.63. The topological polar surface area (TPSA) is 12.4 Å². The molecule has 2 aliphatic rings. The summed E-state index contributed by atoms with van der Waals surface area (Å²) in [5.41, 5.74) is 19.1. The Hall–Kier alpha value is -5.31. The number of hydrogen-bond donors (Lipinski definition) is 0. The van der Waals surface area contributed by atoms with Crippen LogP contribution in [-0.4, -0.2) is 12.3 Å². The largest absolute Gasteiger partial charge is 0.280 e. The van der Waals surface area contributed by atoms with E-state index in [1.807, 2.05) is 31.3 Å². The normalized spacial score (nSPS) is 14.1. The molecular formula is C55H61NS. The summed E-state index contributed by atoms with van der Waals surface area (Å²) >= 11 is 1.99. The summed E-state index contributed by atoms with van der Waals surface area (Å²) < 4.78 is 2.83. The second-order valence-corrected chi connectivity index (χ2v) is 15.2. The highest BCUT2D eigenvalue weighted by Crippen LogP contribution is 2.50. The van der Waals surface area contributed by atoms with Gasteiger partial charge in [-0.25, -0.2) is 0 Å². The van der Waals surface area contributed by atoms with E-state index in [4.69, 9.17) is 4.99 Å². The van der Waals surface area contributed by atoms with E-state index in [0.717, 1.165) is 55.4 Å². The quantitative estimate of drug-likeness (QED) is 0.0721. The van der Waals surface area contributed by atoms with Crippen molar-refractivity contribution in [3.63, 3.8) is 0 Å². The van der Waals surface area contributed by atoms with Gasteiger partial charge >= 0.3 is 0 Å². The molecular weight excluding hydrogens is 707 g/mol. The van der Waals surface area contributed by atoms with Crippen molar-refractivity contribution in [3.05, 3.63) is 184 Å². The van der Waals surface area contributed by atoms with E-state index in [0.29, 0.717) is 6.54 Å². The molecule has 0 amide bonds. The van der Waals surface area contributed by atoms with Crippen LogP contribution in [0.1, 0.15) is 104 Å². The Labute approximate surface area is 347 Å². The lowest BCUT2D eigenvalue weighted by Gasteiger charge is -2.28. The summed E-state index contributed by atoms with van der Waals surface area (Å²) in [5, 5.41) is 2.86. The molecule has 0 spiro atoms. The lowest BCUT2D eigenvalue weighted by atomic mass is 9.76. The second kappa shape index (κ2) is 20.7. The molecule has 5 aromatic rings. The maximum Gasteiger partial charge on any atom is 0.0679 e. The van der Waals surface area contributed by atoms with Gasteiger partial charge in [0.05, 0.1) is 12.3 Å². The van der Waals surface area contributed by atoms with Gasteiger partial charge in [0, 0.05) is 20.2 Å². The lowest BCUT2D eigenvalue weighted by molar-refractivity contribution is 0.958. The predicted octanol–water partition coefficient (Wildman–Crippen LogP) is 16.2. The molecule has 2 aliphatic carbocycles. The Morgan fingerprint density at radius 3 is 2.18 bits per heavy atom. The first-order valence-corrected chi connectivity index (χ1v) is 21.6. The molecule has 0 saturated carbocycles. The number of allylic oxidation sites excluding steroid dienone is 8. The van der Waals surface area contributed by atoms with E-state index >= 15 is 0 Å². The highest BCUT2D eigenvalue weighted by Gasteiger charge is 2.28. The number of benzene rings is 4. The molecule has 0 saturated heterocycles. The van der Waals surface area contributed by atoms with Gasteiger partial charge in [-0.3, -0.25) is 4.99 Å². The number of thiophene rings is 1. The van der Waals surface area contributed by atoms with Crippen molar-refractivity contribution in [3.8, 4) is 11.1 Å². The Morgan fingerprint density at radius 1 is 0.807 bits per heavy atom. The number of hydrogen-bond acceptors (Lipinski definition) is 2. The Balaban J connectivity index is 0.00000150. The van der Waals surface area contributed by atoms with Crippen LogP contribution in [0.15, 0.2) is 139 Å². The monoisotopic (exact) mass is 767 g/mol. The molecule has 1 nitrogen and oxygen atoms in total. The number of aryl methyl sites for hydroxylation is 2. The molecule has 1 heterocycles. The third-order valence-corrected chi connectivity index (χ3v) is 12.3. The standard InChI is InChI=1S/C51H51NS.C2H6.C2H4/c1-7-20-36(21-8-2)33-52-50(38-23-12-11-13-24-38)37(10-4)31-32-45-48(47-35(6)40-26-15-14-25-39(40)34(5)41(47)22-9-3)42-27-16-17-28-43(42)49-44-29-18-19-30-46(44)53-51(45)49;2*1-2/h7-14,16,18-25,27,29-30H,1,15,17,26,28,31-33H2,2-6H3;1-2H3;1-2H2/b21-8-,22-9-,36-20+,37-10-,52-50?;;. The van der Waals surface area contributed by atoms with Crippen LogP contribution in [0.5, 0.6) is 0 Å². The van der Waals surface area contributed by atoms with Crippen molar-refractivity contribution >= 4 is 55.4 Å². The SMILES string of the molecule is C=C.C=C/C=C(\C=C/C)CN=C(/C(=C\C)CCc1c(-c2c(C)c3c(c(C)c2/C=C\C)C=CCC3)c2c(c3c1sc1ccccc13)CCC=C2)c1ccccc1.CC. The van der Waals surface area contributed by atoms with Gasteiger partial charge in [0.1, 0.15) is 0 Å². The molecule has 0 unspecified atom stereocenters. The predicted molar refractivity (Wildman–Crippen MR) is 259 cm³/mol. The summed E-state index contributed by atoms with van der Waals surface area (Å²) in [5.74, 6) is 0. The molecule has 0 bridgehead atoms. The second-order valence-electron chi connectivity index (χ2n) is 14.2. The minimum Gasteiger partial charge on any atom is -0.280 e. The van der Waals surface area contributed by atoms with Crippen LogP contribution in [0.4, 0.5) is 0 Å². The molecule has 2 heteroatoms. The zero-order valence-corrected chi connectivity index (χ0v) is 36.3. The van der Waals surface area contributed by atoms with Crippen LogP contribution in [0, 0.1) is 13.8 Å². The van der Waals surface area contributed by atoms with Gasteiger partial charge < -0.3 is 0 Å². The van der Waals surface area contributed by atoms with Crippen LogP contribution in [-0.2, 0) is 19.3 Å². The first-order chi connectivity index (χ1) is 28.0. The highest BCUT2D eigenvalue weighted by atomic mass is 32.1. The smallest absolute Gasteiger partial charge is 0.0679 e. The van der Waals surface area contributed by atoms with Crippen molar-refractivity contribution in [2.75, 3.05) is 6.54 Å². The summed E-state index contributed by atoms with van der Waals surface area (Å²) in [6.45, 7) is 25.7. The van der Waals surface area contributed by atoms with E-state index in [1.54, 1.807) is 0 Å². The third kappa shape index (κ3) is 8.83. The van der Waals surface area contributed by atoms with Gasteiger partial charge in [0.15, 0.2) is 0 Å². The van der Waals surface area contributed by atoms with Gasteiger partial charge in [-0.15, -0.1) is 24.5 Å². The zero-order valence-electron chi connectivity index (χ0n) is 35.5. The van der Waals surface area contributed by atoms with Gasteiger partial charge in [0.2, 0.25) is 0 Å². The summed E-state index contributed by atoms with van der Waals surface area (Å²) in [7, 11) is 0. The van der Waals surface area contributed by atoms with Crippen molar-refractivity contribution in [1.82, 2.24) is 0 Å². The number of fused-ring (bicyclic) bond motifs is 6. The number of nitrogens with zero attached hydrogens (tertiary/aromatic N) is 1. The molecule has 1 aromatic heterocycles.